The van der Waals surface area contributed by atoms with Gasteiger partial charge in [-0.3, -0.25) is 9.59 Å². The number of rotatable bonds is 7. The van der Waals surface area contributed by atoms with Gasteiger partial charge < -0.3 is 20.3 Å². The molecule has 0 radical (unpaired) electrons. The third kappa shape index (κ3) is 4.60. The number of nitrogens with one attached hydrogen (secondary N) is 2. The van der Waals surface area contributed by atoms with Crippen molar-refractivity contribution in [2.45, 2.75) is 39.3 Å². The molecule has 146 valence electrons. The van der Waals surface area contributed by atoms with E-state index < -0.39 is 29.9 Å². The Hall–Kier alpha value is -2.54. The van der Waals surface area contributed by atoms with Crippen molar-refractivity contribution < 1.29 is 19.5 Å². The van der Waals surface area contributed by atoms with Crippen LogP contribution in [0.3, 0.4) is 0 Å². The first-order valence-corrected chi connectivity index (χ1v) is 9.12. The number of amides is 2. The van der Waals surface area contributed by atoms with Crippen LogP contribution in [0.25, 0.3) is 10.9 Å². The Morgan fingerprint density at radius 2 is 1.85 bits per heavy atom. The van der Waals surface area contributed by atoms with Gasteiger partial charge in [0.25, 0.3) is 5.91 Å². The predicted octanol–water partition coefficient (Wildman–Crippen LogP) is 2.57. The molecule has 0 saturated heterocycles. The van der Waals surface area contributed by atoms with Gasteiger partial charge in [0, 0.05) is 23.0 Å². The summed E-state index contributed by atoms with van der Waals surface area (Å²) < 4.78 is 1.71. The standard InChI is InChI=1S/C19H24ClN3O4/c1-5-10(2)16(19(26)27)22-17(24)11(3)21-18(25)15-9-12-8-13(20)6-7-14(12)23(15)4/h6-11,16H,5H2,1-4H3,(H,21,25)(H,22,24)(H,26,27)/t10-,11-,16-/m0/s1. The van der Waals surface area contributed by atoms with E-state index in [0.29, 0.717) is 17.1 Å². The predicted molar refractivity (Wildman–Crippen MR) is 104 cm³/mol. The van der Waals surface area contributed by atoms with Gasteiger partial charge in [-0.25, -0.2) is 4.79 Å². The molecule has 1 heterocycles. The number of hydrogen-bond acceptors (Lipinski definition) is 3. The van der Waals surface area contributed by atoms with Crippen LogP contribution < -0.4 is 10.6 Å². The molecule has 2 amide bonds. The summed E-state index contributed by atoms with van der Waals surface area (Å²) in [7, 11) is 1.75. The number of aliphatic carboxylic acids is 1. The summed E-state index contributed by atoms with van der Waals surface area (Å²) in [5.74, 6) is -2.29. The van der Waals surface area contributed by atoms with E-state index in [4.69, 9.17) is 11.6 Å². The topological polar surface area (TPSA) is 100 Å². The quantitative estimate of drug-likeness (QED) is 0.673. The summed E-state index contributed by atoms with van der Waals surface area (Å²) in [6.45, 7) is 5.12. The van der Waals surface area contributed by atoms with Gasteiger partial charge >= 0.3 is 5.97 Å². The molecule has 0 spiro atoms. The van der Waals surface area contributed by atoms with Crippen LogP contribution in [-0.2, 0) is 16.6 Å². The van der Waals surface area contributed by atoms with Gasteiger partial charge in [0.15, 0.2) is 0 Å². The zero-order valence-corrected chi connectivity index (χ0v) is 16.5. The molecular formula is C19H24ClN3O4. The number of halogens is 1. The molecule has 3 N–H and O–H groups in total. The first kappa shape index (κ1) is 20.8. The minimum atomic E-state index is -1.10. The van der Waals surface area contributed by atoms with Gasteiger partial charge in [0.1, 0.15) is 17.8 Å². The zero-order valence-electron chi connectivity index (χ0n) is 15.7. The monoisotopic (exact) mass is 393 g/mol. The molecule has 0 bridgehead atoms. The number of carbonyl (C=O) groups is 3. The highest BCUT2D eigenvalue weighted by Gasteiger charge is 2.28. The van der Waals surface area contributed by atoms with Crippen molar-refractivity contribution in [3.8, 4) is 0 Å². The summed E-state index contributed by atoms with van der Waals surface area (Å²) in [4.78, 5) is 36.3. The van der Waals surface area contributed by atoms with E-state index in [1.807, 2.05) is 13.0 Å². The summed E-state index contributed by atoms with van der Waals surface area (Å²) in [6.07, 6.45) is 0.608. The van der Waals surface area contributed by atoms with Gasteiger partial charge in [0.05, 0.1) is 0 Å². The molecule has 2 aromatic rings. The molecule has 0 fully saturated rings. The molecular weight excluding hydrogens is 370 g/mol. The summed E-state index contributed by atoms with van der Waals surface area (Å²) >= 11 is 5.99. The molecule has 1 aromatic heterocycles. The molecule has 0 saturated carbocycles. The van der Waals surface area contributed by atoms with Crippen molar-refractivity contribution >= 4 is 40.3 Å². The smallest absolute Gasteiger partial charge is 0.326 e. The van der Waals surface area contributed by atoms with Gasteiger partial charge in [-0.05, 0) is 37.1 Å². The second kappa shape index (κ2) is 8.43. The maximum Gasteiger partial charge on any atom is 0.326 e. The van der Waals surface area contributed by atoms with Gasteiger partial charge in [-0.1, -0.05) is 31.9 Å². The van der Waals surface area contributed by atoms with Gasteiger partial charge in [-0.15, -0.1) is 0 Å². The largest absolute Gasteiger partial charge is 0.480 e. The average molecular weight is 394 g/mol. The molecule has 2 rings (SSSR count). The van der Waals surface area contributed by atoms with Crippen molar-refractivity contribution in [3.05, 3.63) is 35.0 Å². The molecule has 3 atom stereocenters. The van der Waals surface area contributed by atoms with Crippen LogP contribution in [0, 0.1) is 5.92 Å². The third-order valence-corrected chi connectivity index (χ3v) is 4.99. The van der Waals surface area contributed by atoms with Crippen LogP contribution in [0.15, 0.2) is 24.3 Å². The van der Waals surface area contributed by atoms with Crippen molar-refractivity contribution in [1.29, 1.82) is 0 Å². The maximum absolute atomic E-state index is 12.6. The number of carbonyl (C=O) groups excluding carboxylic acids is 2. The van der Waals surface area contributed by atoms with Crippen LogP contribution in [-0.4, -0.2) is 39.5 Å². The molecule has 0 aliphatic rings. The SMILES string of the molecule is CC[C@H](C)[C@H](NC(=O)[C@H](C)NC(=O)c1cc2cc(Cl)ccc2n1C)C(=O)O. The Bertz CT molecular complexity index is 877. The van der Waals surface area contributed by atoms with Crippen LogP contribution in [0.4, 0.5) is 0 Å². The highest BCUT2D eigenvalue weighted by atomic mass is 35.5. The number of nitrogens with zero attached hydrogens (tertiary/aromatic N) is 1. The van der Waals surface area contributed by atoms with Crippen LogP contribution in [0.5, 0.6) is 0 Å². The Labute approximate surface area is 162 Å². The molecule has 0 unspecified atom stereocenters. The number of fused-ring (bicyclic) bond motifs is 1. The summed E-state index contributed by atoms with van der Waals surface area (Å²) in [5, 5.41) is 15.8. The number of benzene rings is 1. The highest BCUT2D eigenvalue weighted by molar-refractivity contribution is 6.31. The minimum Gasteiger partial charge on any atom is -0.480 e. The van der Waals surface area contributed by atoms with E-state index in [1.165, 1.54) is 6.92 Å². The fraction of sp³-hybridized carbons (Fsp3) is 0.421. The Morgan fingerprint density at radius 1 is 1.19 bits per heavy atom. The summed E-state index contributed by atoms with van der Waals surface area (Å²) in [6, 6.07) is 5.12. The number of aromatic nitrogens is 1. The number of carboxylic acids is 1. The van der Waals surface area contributed by atoms with E-state index in [1.54, 1.807) is 36.7 Å². The van der Waals surface area contributed by atoms with Crippen LogP contribution in [0.1, 0.15) is 37.7 Å². The lowest BCUT2D eigenvalue weighted by Crippen LogP contribution is -2.52. The molecule has 7 nitrogen and oxygen atoms in total. The molecule has 1 aromatic carbocycles. The molecule has 27 heavy (non-hydrogen) atoms. The molecule has 0 aliphatic heterocycles. The van der Waals surface area contributed by atoms with E-state index in [0.717, 1.165) is 10.9 Å². The minimum absolute atomic E-state index is 0.225. The summed E-state index contributed by atoms with van der Waals surface area (Å²) in [5.41, 5.74) is 1.22. The van der Waals surface area contributed by atoms with E-state index in [2.05, 4.69) is 10.6 Å². The molecule has 0 aliphatic carbocycles. The van der Waals surface area contributed by atoms with Gasteiger partial charge in [-0.2, -0.15) is 0 Å². The fourth-order valence-electron chi connectivity index (χ4n) is 2.84. The van der Waals surface area contributed by atoms with E-state index in [-0.39, 0.29) is 5.92 Å². The normalized spacial score (nSPS) is 14.4. The number of hydrogen-bond donors (Lipinski definition) is 3. The lowest BCUT2D eigenvalue weighted by Gasteiger charge is -2.22. The lowest BCUT2D eigenvalue weighted by molar-refractivity contribution is -0.143. The Balaban J connectivity index is 2.12. The maximum atomic E-state index is 12.6. The number of aryl methyl sites for hydroxylation is 1. The Morgan fingerprint density at radius 3 is 2.44 bits per heavy atom. The van der Waals surface area contributed by atoms with Crippen molar-refractivity contribution in [3.63, 3.8) is 0 Å². The average Bonchev–Trinajstić information content (AvgIpc) is 2.94. The van der Waals surface area contributed by atoms with Gasteiger partial charge in [0.2, 0.25) is 5.91 Å². The fourth-order valence-corrected chi connectivity index (χ4v) is 3.02. The van der Waals surface area contributed by atoms with Crippen molar-refractivity contribution in [2.75, 3.05) is 0 Å². The van der Waals surface area contributed by atoms with Crippen LogP contribution >= 0.6 is 11.6 Å². The first-order valence-electron chi connectivity index (χ1n) is 8.74. The van der Waals surface area contributed by atoms with Crippen molar-refractivity contribution in [2.24, 2.45) is 13.0 Å². The number of carboxylic acid groups (broad SMARTS) is 1. The second-order valence-corrected chi connectivity index (χ2v) is 7.13. The zero-order chi connectivity index (χ0) is 20.3. The Kier molecular flexibility index (Phi) is 6.49. The van der Waals surface area contributed by atoms with Crippen LogP contribution in [0.2, 0.25) is 5.02 Å². The molecule has 8 heteroatoms. The lowest BCUT2D eigenvalue weighted by atomic mass is 9.99. The van der Waals surface area contributed by atoms with E-state index in [9.17, 15) is 19.5 Å². The second-order valence-electron chi connectivity index (χ2n) is 6.70. The third-order valence-electron chi connectivity index (χ3n) is 4.75. The van der Waals surface area contributed by atoms with E-state index >= 15 is 0 Å². The van der Waals surface area contributed by atoms with Crippen molar-refractivity contribution in [1.82, 2.24) is 15.2 Å². The first-order chi connectivity index (χ1) is 12.6. The highest BCUT2D eigenvalue weighted by Crippen LogP contribution is 2.22.